The van der Waals surface area contributed by atoms with E-state index >= 15 is 0 Å². The number of para-hydroxylation sites is 1. The van der Waals surface area contributed by atoms with E-state index in [2.05, 4.69) is 16.7 Å². The second-order valence-electron chi connectivity index (χ2n) is 4.61. The molecule has 0 unspecified atom stereocenters. The van der Waals surface area contributed by atoms with Crippen LogP contribution >= 0.6 is 0 Å². The van der Waals surface area contributed by atoms with Gasteiger partial charge in [-0.1, -0.05) is 12.1 Å². The average Bonchev–Trinajstić information content (AvgIpc) is 2.56. The Kier molecular flexibility index (Phi) is 5.38. The van der Waals surface area contributed by atoms with Gasteiger partial charge >= 0.3 is 0 Å². The van der Waals surface area contributed by atoms with E-state index in [0.717, 1.165) is 11.4 Å². The molecule has 0 radical (unpaired) electrons. The van der Waals surface area contributed by atoms with E-state index < -0.39 is 0 Å². The van der Waals surface area contributed by atoms with Crippen molar-refractivity contribution in [1.29, 1.82) is 5.26 Å². The molecule has 0 aromatic heterocycles. The van der Waals surface area contributed by atoms with Crippen LogP contribution in [0.15, 0.2) is 48.5 Å². The van der Waals surface area contributed by atoms with Crippen molar-refractivity contribution in [2.24, 2.45) is 0 Å². The van der Waals surface area contributed by atoms with Gasteiger partial charge in [-0.3, -0.25) is 4.79 Å². The van der Waals surface area contributed by atoms with Crippen molar-refractivity contribution in [3.8, 4) is 11.8 Å². The van der Waals surface area contributed by atoms with Crippen molar-refractivity contribution in [3.63, 3.8) is 0 Å². The number of nitrogens with one attached hydrogen (secondary N) is 2. The standard InChI is InChI=1S/C17H17N3O2/c1-22-15-8-6-14(7-9-15)19-11-10-17(21)20-16-5-3-2-4-13(16)12-18/h2-9,19H,10-11H2,1H3,(H,20,21). The molecule has 2 rings (SSSR count). The zero-order chi connectivity index (χ0) is 15.8. The van der Waals surface area contributed by atoms with Crippen LogP contribution in [0, 0.1) is 11.3 Å². The van der Waals surface area contributed by atoms with Gasteiger partial charge in [-0.2, -0.15) is 5.26 Å². The lowest BCUT2D eigenvalue weighted by atomic mass is 10.2. The predicted octanol–water partition coefficient (Wildman–Crippen LogP) is 3.01. The summed E-state index contributed by atoms with van der Waals surface area (Å²) in [6, 6.07) is 16.5. The molecule has 0 saturated heterocycles. The molecular formula is C17H17N3O2. The number of carbonyl (C=O) groups is 1. The number of anilines is 2. The fraction of sp³-hybridized carbons (Fsp3) is 0.176. The monoisotopic (exact) mass is 295 g/mol. The van der Waals surface area contributed by atoms with E-state index in [1.807, 2.05) is 24.3 Å². The minimum atomic E-state index is -0.135. The summed E-state index contributed by atoms with van der Waals surface area (Å²) in [6.07, 6.45) is 0.311. The van der Waals surface area contributed by atoms with Gasteiger partial charge in [0.15, 0.2) is 0 Å². The maximum Gasteiger partial charge on any atom is 0.226 e. The summed E-state index contributed by atoms with van der Waals surface area (Å²) in [6.45, 7) is 0.507. The number of methoxy groups -OCH3 is 1. The van der Waals surface area contributed by atoms with E-state index in [4.69, 9.17) is 10.00 Å². The lowest BCUT2D eigenvalue weighted by Crippen LogP contribution is -2.16. The summed E-state index contributed by atoms with van der Waals surface area (Å²) in [4.78, 5) is 11.9. The number of nitrogens with zero attached hydrogens (tertiary/aromatic N) is 1. The Hall–Kier alpha value is -3.00. The van der Waals surface area contributed by atoms with Crippen molar-refractivity contribution in [3.05, 3.63) is 54.1 Å². The van der Waals surface area contributed by atoms with Crippen molar-refractivity contribution in [2.45, 2.75) is 6.42 Å². The zero-order valence-corrected chi connectivity index (χ0v) is 12.3. The molecule has 0 aliphatic heterocycles. The fourth-order valence-electron chi connectivity index (χ4n) is 1.93. The highest BCUT2D eigenvalue weighted by Gasteiger charge is 2.05. The molecule has 22 heavy (non-hydrogen) atoms. The van der Waals surface area contributed by atoms with E-state index in [-0.39, 0.29) is 5.91 Å². The highest BCUT2D eigenvalue weighted by atomic mass is 16.5. The quantitative estimate of drug-likeness (QED) is 0.859. The first-order valence-electron chi connectivity index (χ1n) is 6.90. The van der Waals surface area contributed by atoms with Gasteiger partial charge in [-0.15, -0.1) is 0 Å². The van der Waals surface area contributed by atoms with Gasteiger partial charge in [0.25, 0.3) is 0 Å². The van der Waals surface area contributed by atoms with Gasteiger partial charge in [0, 0.05) is 18.7 Å². The number of nitriles is 1. The summed E-state index contributed by atoms with van der Waals surface area (Å²) in [5, 5.41) is 14.9. The summed E-state index contributed by atoms with van der Waals surface area (Å²) >= 11 is 0. The first kappa shape index (κ1) is 15.4. The van der Waals surface area contributed by atoms with E-state index in [1.165, 1.54) is 0 Å². The molecule has 0 spiro atoms. The molecule has 1 amide bonds. The van der Waals surface area contributed by atoms with Gasteiger partial charge in [0.05, 0.1) is 18.4 Å². The first-order chi connectivity index (χ1) is 10.7. The number of hydrogen-bond donors (Lipinski definition) is 2. The van der Waals surface area contributed by atoms with Crippen LogP contribution in [0.4, 0.5) is 11.4 Å². The summed E-state index contributed by atoms with van der Waals surface area (Å²) < 4.78 is 5.08. The topological polar surface area (TPSA) is 74.2 Å². The van der Waals surface area contributed by atoms with Gasteiger partial charge in [-0.05, 0) is 36.4 Å². The molecule has 0 bridgehead atoms. The van der Waals surface area contributed by atoms with Crippen LogP contribution in [-0.2, 0) is 4.79 Å². The van der Waals surface area contributed by atoms with Crippen LogP contribution in [0.1, 0.15) is 12.0 Å². The molecule has 2 aromatic rings. The largest absolute Gasteiger partial charge is 0.497 e. The number of hydrogen-bond acceptors (Lipinski definition) is 4. The molecule has 2 aromatic carbocycles. The van der Waals surface area contributed by atoms with Crippen LogP contribution in [0.2, 0.25) is 0 Å². The minimum Gasteiger partial charge on any atom is -0.497 e. The van der Waals surface area contributed by atoms with Gasteiger partial charge in [0.2, 0.25) is 5.91 Å². The van der Waals surface area contributed by atoms with Crippen LogP contribution in [-0.4, -0.2) is 19.6 Å². The third-order valence-electron chi connectivity index (χ3n) is 3.09. The molecular weight excluding hydrogens is 278 g/mol. The van der Waals surface area contributed by atoms with Crippen LogP contribution in [0.3, 0.4) is 0 Å². The van der Waals surface area contributed by atoms with Crippen molar-refractivity contribution in [1.82, 2.24) is 0 Å². The summed E-state index contributed by atoms with van der Waals surface area (Å²) in [7, 11) is 1.62. The minimum absolute atomic E-state index is 0.135. The number of carbonyl (C=O) groups excluding carboxylic acids is 1. The number of amides is 1. The fourth-order valence-corrected chi connectivity index (χ4v) is 1.93. The van der Waals surface area contributed by atoms with Gasteiger partial charge < -0.3 is 15.4 Å². The highest BCUT2D eigenvalue weighted by molar-refractivity contribution is 5.92. The normalized spacial score (nSPS) is 9.64. The van der Waals surface area contributed by atoms with E-state index in [0.29, 0.717) is 24.2 Å². The molecule has 0 saturated carbocycles. The predicted molar refractivity (Wildman–Crippen MR) is 85.9 cm³/mol. The lowest BCUT2D eigenvalue weighted by Gasteiger charge is -2.09. The first-order valence-corrected chi connectivity index (χ1v) is 6.90. The molecule has 2 N–H and O–H groups in total. The molecule has 0 aliphatic rings. The Morgan fingerprint density at radius 1 is 1.18 bits per heavy atom. The van der Waals surface area contributed by atoms with Crippen LogP contribution < -0.4 is 15.4 Å². The number of rotatable bonds is 6. The Balaban J connectivity index is 1.81. The third kappa shape index (κ3) is 4.25. The average molecular weight is 295 g/mol. The lowest BCUT2D eigenvalue weighted by molar-refractivity contribution is -0.115. The summed E-state index contributed by atoms with van der Waals surface area (Å²) in [5.41, 5.74) is 1.92. The molecule has 0 heterocycles. The van der Waals surface area contributed by atoms with Gasteiger partial charge in [-0.25, -0.2) is 0 Å². The highest BCUT2D eigenvalue weighted by Crippen LogP contribution is 2.15. The number of benzene rings is 2. The Morgan fingerprint density at radius 2 is 1.91 bits per heavy atom. The Morgan fingerprint density at radius 3 is 2.59 bits per heavy atom. The van der Waals surface area contributed by atoms with Crippen LogP contribution in [0.5, 0.6) is 5.75 Å². The van der Waals surface area contributed by atoms with Crippen LogP contribution in [0.25, 0.3) is 0 Å². The van der Waals surface area contributed by atoms with Crippen molar-refractivity contribution in [2.75, 3.05) is 24.3 Å². The maximum absolute atomic E-state index is 11.9. The SMILES string of the molecule is COc1ccc(NCCC(=O)Nc2ccccc2C#N)cc1. The van der Waals surface area contributed by atoms with Gasteiger partial charge in [0.1, 0.15) is 11.8 Å². The zero-order valence-electron chi connectivity index (χ0n) is 12.3. The Labute approximate surface area is 129 Å². The smallest absolute Gasteiger partial charge is 0.226 e. The van der Waals surface area contributed by atoms with E-state index in [9.17, 15) is 4.79 Å². The molecule has 0 fully saturated rings. The number of ether oxygens (including phenoxy) is 1. The third-order valence-corrected chi connectivity index (χ3v) is 3.09. The molecule has 5 nitrogen and oxygen atoms in total. The second kappa shape index (κ2) is 7.70. The molecule has 0 aliphatic carbocycles. The van der Waals surface area contributed by atoms with Crippen molar-refractivity contribution >= 4 is 17.3 Å². The molecule has 112 valence electrons. The second-order valence-corrected chi connectivity index (χ2v) is 4.61. The molecule has 5 heteroatoms. The van der Waals surface area contributed by atoms with Crippen molar-refractivity contribution < 1.29 is 9.53 Å². The maximum atomic E-state index is 11.9. The molecule has 0 atom stereocenters. The van der Waals surface area contributed by atoms with E-state index in [1.54, 1.807) is 31.4 Å². The Bertz CT molecular complexity index is 675. The summed E-state index contributed by atoms with van der Waals surface area (Å²) in [5.74, 6) is 0.653.